The van der Waals surface area contributed by atoms with Gasteiger partial charge in [-0.3, -0.25) is 4.90 Å². The summed E-state index contributed by atoms with van der Waals surface area (Å²) in [5.41, 5.74) is 0.955. The summed E-state index contributed by atoms with van der Waals surface area (Å²) in [7, 11) is 0. The van der Waals surface area contributed by atoms with Gasteiger partial charge in [0.05, 0.1) is 19.8 Å². The summed E-state index contributed by atoms with van der Waals surface area (Å²) in [6.45, 7) is 2.11. The zero-order chi connectivity index (χ0) is 13.2. The highest BCUT2D eigenvalue weighted by Crippen LogP contribution is 2.16. The third kappa shape index (κ3) is 5.63. The van der Waals surface area contributed by atoms with Crippen LogP contribution in [0.1, 0.15) is 16.9 Å². The lowest BCUT2D eigenvalue weighted by Crippen LogP contribution is -2.28. The largest absolute Gasteiger partial charge is 0.395 e. The molecule has 0 radical (unpaired) electrons. The summed E-state index contributed by atoms with van der Waals surface area (Å²) < 4.78 is 0. The van der Waals surface area contributed by atoms with Gasteiger partial charge in [0, 0.05) is 41.9 Å². The predicted molar refractivity (Wildman–Crippen MR) is 72.3 cm³/mol. The van der Waals surface area contributed by atoms with Crippen molar-refractivity contribution in [3.63, 3.8) is 0 Å². The molecule has 18 heavy (non-hydrogen) atoms. The molecule has 1 aromatic rings. The molecule has 0 aromatic carbocycles. The normalized spacial score (nSPS) is 10.4. The van der Waals surface area contributed by atoms with Crippen LogP contribution >= 0.6 is 11.3 Å². The maximum atomic E-state index is 8.92. The standard InChI is InChI=1S/C13H19NO3S/c15-6-2-1-3-12-9-13(18-11-12)10-14(4-7-16)5-8-17/h9,11,15-17H,2,4-8,10H2. The van der Waals surface area contributed by atoms with Crippen molar-refractivity contribution in [2.75, 3.05) is 32.9 Å². The average molecular weight is 269 g/mol. The lowest BCUT2D eigenvalue weighted by atomic mass is 10.3. The third-order valence-electron chi connectivity index (χ3n) is 2.34. The Morgan fingerprint density at radius 3 is 2.44 bits per heavy atom. The molecule has 4 nitrogen and oxygen atoms in total. The molecule has 3 N–H and O–H groups in total. The summed E-state index contributed by atoms with van der Waals surface area (Å²) in [6.07, 6.45) is 0.492. The Hall–Kier alpha value is -0.900. The first-order valence-electron chi connectivity index (χ1n) is 5.91. The zero-order valence-corrected chi connectivity index (χ0v) is 11.1. The first kappa shape index (κ1) is 15.2. The van der Waals surface area contributed by atoms with Crippen molar-refractivity contribution in [2.45, 2.75) is 13.0 Å². The van der Waals surface area contributed by atoms with Gasteiger partial charge >= 0.3 is 0 Å². The molecule has 1 aromatic heterocycles. The van der Waals surface area contributed by atoms with E-state index in [1.807, 2.05) is 16.3 Å². The Kier molecular flexibility index (Phi) is 7.65. The molecular weight excluding hydrogens is 250 g/mol. The topological polar surface area (TPSA) is 63.9 Å². The highest BCUT2D eigenvalue weighted by atomic mass is 32.1. The fourth-order valence-corrected chi connectivity index (χ4v) is 2.38. The molecule has 0 spiro atoms. The number of hydrogen-bond donors (Lipinski definition) is 3. The molecule has 0 saturated carbocycles. The monoisotopic (exact) mass is 269 g/mol. The van der Waals surface area contributed by atoms with Gasteiger partial charge in [0.2, 0.25) is 0 Å². The highest BCUT2D eigenvalue weighted by Gasteiger charge is 2.06. The van der Waals surface area contributed by atoms with Crippen LogP contribution in [0.4, 0.5) is 0 Å². The van der Waals surface area contributed by atoms with Crippen LogP contribution in [0.15, 0.2) is 11.4 Å². The molecule has 1 heterocycles. The van der Waals surface area contributed by atoms with Crippen LogP contribution in [0, 0.1) is 11.8 Å². The van der Waals surface area contributed by atoms with Gasteiger partial charge in [0.1, 0.15) is 0 Å². The molecule has 0 aliphatic rings. The zero-order valence-electron chi connectivity index (χ0n) is 10.3. The van der Waals surface area contributed by atoms with Crippen molar-refractivity contribution in [3.05, 3.63) is 21.9 Å². The summed E-state index contributed by atoms with van der Waals surface area (Å²) in [4.78, 5) is 3.15. The van der Waals surface area contributed by atoms with Gasteiger partial charge in [0.15, 0.2) is 0 Å². The molecule has 100 valence electrons. The quantitative estimate of drug-likeness (QED) is 0.622. The Balaban J connectivity index is 2.54. The van der Waals surface area contributed by atoms with E-state index in [1.54, 1.807) is 11.3 Å². The van der Waals surface area contributed by atoms with Crippen LogP contribution in [0.2, 0.25) is 0 Å². The number of nitrogens with zero attached hydrogens (tertiary/aromatic N) is 1. The van der Waals surface area contributed by atoms with E-state index in [4.69, 9.17) is 15.3 Å². The Morgan fingerprint density at radius 2 is 1.83 bits per heavy atom. The molecule has 0 bridgehead atoms. The number of hydrogen-bond acceptors (Lipinski definition) is 5. The SMILES string of the molecule is OCCC#Cc1csc(CN(CCO)CCO)c1. The predicted octanol–water partition coefficient (Wildman–Crippen LogP) is 0.269. The summed E-state index contributed by atoms with van der Waals surface area (Å²) >= 11 is 1.62. The molecule has 0 saturated heterocycles. The van der Waals surface area contributed by atoms with E-state index in [9.17, 15) is 0 Å². The first-order chi connectivity index (χ1) is 8.80. The van der Waals surface area contributed by atoms with E-state index in [0.29, 0.717) is 26.1 Å². The minimum atomic E-state index is 0.0881. The minimum absolute atomic E-state index is 0.0881. The fraction of sp³-hybridized carbons (Fsp3) is 0.538. The number of aliphatic hydroxyl groups is 3. The van der Waals surface area contributed by atoms with Crippen LogP contribution in [-0.2, 0) is 6.54 Å². The van der Waals surface area contributed by atoms with Crippen LogP contribution < -0.4 is 0 Å². The van der Waals surface area contributed by atoms with Crippen LogP contribution in [0.25, 0.3) is 0 Å². The third-order valence-corrected chi connectivity index (χ3v) is 3.26. The molecular formula is C13H19NO3S. The molecule has 0 atom stereocenters. The van der Waals surface area contributed by atoms with E-state index < -0.39 is 0 Å². The molecule has 0 aliphatic heterocycles. The van der Waals surface area contributed by atoms with Crippen molar-refractivity contribution in [2.24, 2.45) is 0 Å². The lowest BCUT2D eigenvalue weighted by molar-refractivity contribution is 0.157. The van der Waals surface area contributed by atoms with Crippen molar-refractivity contribution in [1.82, 2.24) is 4.90 Å². The van der Waals surface area contributed by atoms with Gasteiger partial charge in [-0.2, -0.15) is 0 Å². The molecule has 0 unspecified atom stereocenters. The first-order valence-corrected chi connectivity index (χ1v) is 6.79. The van der Waals surface area contributed by atoms with Gasteiger partial charge in [0.25, 0.3) is 0 Å². The molecule has 0 fully saturated rings. The van der Waals surface area contributed by atoms with Gasteiger partial charge in [-0.15, -0.1) is 11.3 Å². The summed E-state index contributed by atoms with van der Waals surface area (Å²) in [5, 5.41) is 28.5. The van der Waals surface area contributed by atoms with E-state index >= 15 is 0 Å². The summed E-state index contributed by atoms with van der Waals surface area (Å²) in [6, 6.07) is 2.01. The highest BCUT2D eigenvalue weighted by molar-refractivity contribution is 7.10. The van der Waals surface area contributed by atoms with Gasteiger partial charge in [-0.25, -0.2) is 0 Å². The molecule has 0 amide bonds. The van der Waals surface area contributed by atoms with Crippen LogP contribution in [0.3, 0.4) is 0 Å². The van der Waals surface area contributed by atoms with Crippen molar-refractivity contribution < 1.29 is 15.3 Å². The maximum absolute atomic E-state index is 8.92. The van der Waals surface area contributed by atoms with E-state index in [1.165, 1.54) is 0 Å². The van der Waals surface area contributed by atoms with Crippen molar-refractivity contribution >= 4 is 11.3 Å². The van der Waals surface area contributed by atoms with E-state index in [0.717, 1.165) is 10.4 Å². The number of rotatable bonds is 7. The number of thiophene rings is 1. The fourth-order valence-electron chi connectivity index (χ4n) is 1.52. The Morgan fingerprint density at radius 1 is 1.11 bits per heavy atom. The van der Waals surface area contributed by atoms with Crippen LogP contribution in [-0.4, -0.2) is 53.1 Å². The molecule has 0 aliphatic carbocycles. The second kappa shape index (κ2) is 9.09. The van der Waals surface area contributed by atoms with Crippen molar-refractivity contribution in [3.8, 4) is 11.8 Å². The van der Waals surface area contributed by atoms with E-state index in [2.05, 4.69) is 11.8 Å². The minimum Gasteiger partial charge on any atom is -0.395 e. The Bertz CT molecular complexity index is 388. The lowest BCUT2D eigenvalue weighted by Gasteiger charge is -2.18. The molecule has 1 rings (SSSR count). The second-order valence-electron chi connectivity index (χ2n) is 3.80. The molecule has 5 heteroatoms. The second-order valence-corrected chi connectivity index (χ2v) is 4.80. The van der Waals surface area contributed by atoms with Gasteiger partial charge in [-0.05, 0) is 6.07 Å². The van der Waals surface area contributed by atoms with Gasteiger partial charge in [-0.1, -0.05) is 11.8 Å². The number of aliphatic hydroxyl groups excluding tert-OH is 3. The van der Waals surface area contributed by atoms with Crippen molar-refractivity contribution in [1.29, 1.82) is 0 Å². The summed E-state index contributed by atoms with van der Waals surface area (Å²) in [5.74, 6) is 5.87. The Labute approximate surface area is 111 Å². The van der Waals surface area contributed by atoms with Gasteiger partial charge < -0.3 is 15.3 Å². The average Bonchev–Trinajstić information content (AvgIpc) is 2.78. The maximum Gasteiger partial charge on any atom is 0.0558 e. The smallest absolute Gasteiger partial charge is 0.0558 e. The van der Waals surface area contributed by atoms with E-state index in [-0.39, 0.29) is 19.8 Å². The van der Waals surface area contributed by atoms with Crippen LogP contribution in [0.5, 0.6) is 0 Å².